The molecule has 2 unspecified atom stereocenters. The van der Waals surface area contributed by atoms with Crippen LogP contribution >= 0.6 is 0 Å². The van der Waals surface area contributed by atoms with E-state index in [2.05, 4.69) is 27.7 Å². The maximum atomic E-state index is 13.1. The lowest BCUT2D eigenvalue weighted by Crippen LogP contribution is -2.24. The second-order valence-corrected chi connectivity index (χ2v) is 5.69. The quantitative estimate of drug-likeness (QED) is 0.638. The van der Waals surface area contributed by atoms with Crippen LogP contribution in [0.15, 0.2) is 0 Å². The molecule has 0 aromatic heterocycles. The summed E-state index contributed by atoms with van der Waals surface area (Å²) in [6, 6.07) is 0. The second kappa shape index (κ2) is 3.46. The van der Waals surface area contributed by atoms with Gasteiger partial charge >= 0.3 is 0 Å². The summed E-state index contributed by atoms with van der Waals surface area (Å²) in [5.41, 5.74) is -0.0770. The topological polar surface area (TPSA) is 0 Å². The van der Waals surface area contributed by atoms with Crippen LogP contribution in [0.2, 0.25) is 0 Å². The molecule has 0 radical (unpaired) electrons. The van der Waals surface area contributed by atoms with Gasteiger partial charge in [-0.25, -0.2) is 8.78 Å². The van der Waals surface area contributed by atoms with Crippen molar-refractivity contribution in [1.29, 1.82) is 0 Å². The first-order valence-corrected chi connectivity index (χ1v) is 5.57. The fraction of sp³-hybridized carbons (Fsp3) is 1.00. The summed E-state index contributed by atoms with van der Waals surface area (Å²) in [6.45, 7) is 9.49. The summed E-state index contributed by atoms with van der Waals surface area (Å²) in [5.74, 6) is -1.08. The van der Waals surface area contributed by atoms with Gasteiger partial charge in [0, 0.05) is 6.42 Å². The molecule has 1 fully saturated rings. The Bertz CT molecular complexity index is 203. The molecule has 0 heterocycles. The van der Waals surface area contributed by atoms with Gasteiger partial charge in [-0.2, -0.15) is 0 Å². The molecule has 1 aliphatic carbocycles. The van der Waals surface area contributed by atoms with E-state index in [4.69, 9.17) is 0 Å². The lowest BCUT2D eigenvalue weighted by atomic mass is 9.82. The van der Waals surface area contributed by atoms with Crippen molar-refractivity contribution < 1.29 is 8.78 Å². The van der Waals surface area contributed by atoms with E-state index in [1.165, 1.54) is 0 Å². The molecule has 0 bridgehead atoms. The van der Waals surface area contributed by atoms with Gasteiger partial charge in [0.05, 0.1) is 0 Å². The van der Waals surface area contributed by atoms with E-state index in [0.717, 1.165) is 13.3 Å². The first kappa shape index (κ1) is 11.9. The summed E-state index contributed by atoms with van der Waals surface area (Å²) < 4.78 is 26.1. The summed E-state index contributed by atoms with van der Waals surface area (Å²) >= 11 is 0. The van der Waals surface area contributed by atoms with Gasteiger partial charge in [0.2, 0.25) is 5.92 Å². The standard InChI is InChI=1S/C12H22F2/c1-8(2)10-6-12(10,9(3)4)7-11(5,13)14/h8-10H,6-7H2,1-5H3. The van der Waals surface area contributed by atoms with Gasteiger partial charge < -0.3 is 0 Å². The van der Waals surface area contributed by atoms with E-state index < -0.39 is 5.92 Å². The third-order valence-corrected chi connectivity index (χ3v) is 3.77. The molecule has 84 valence electrons. The van der Waals surface area contributed by atoms with Crippen LogP contribution in [0.4, 0.5) is 8.78 Å². The Morgan fingerprint density at radius 2 is 1.79 bits per heavy atom. The van der Waals surface area contributed by atoms with Crippen LogP contribution in [-0.4, -0.2) is 5.92 Å². The van der Waals surface area contributed by atoms with E-state index in [9.17, 15) is 8.78 Å². The van der Waals surface area contributed by atoms with Gasteiger partial charge in [0.1, 0.15) is 0 Å². The SMILES string of the molecule is CC(C)C1CC1(CC(C)(F)F)C(C)C. The highest BCUT2D eigenvalue weighted by Gasteiger charge is 2.59. The zero-order valence-electron chi connectivity index (χ0n) is 9.90. The van der Waals surface area contributed by atoms with Gasteiger partial charge in [-0.05, 0) is 36.5 Å². The zero-order valence-corrected chi connectivity index (χ0v) is 9.90. The minimum Gasteiger partial charge on any atom is -0.207 e. The summed E-state index contributed by atoms with van der Waals surface area (Å²) in [6.07, 6.45) is 1.06. The fourth-order valence-electron chi connectivity index (χ4n) is 2.90. The molecule has 1 rings (SSSR count). The molecular weight excluding hydrogens is 182 g/mol. The molecule has 0 saturated heterocycles. The van der Waals surface area contributed by atoms with Crippen LogP contribution in [0, 0.1) is 23.2 Å². The molecule has 0 amide bonds. The molecule has 14 heavy (non-hydrogen) atoms. The van der Waals surface area contributed by atoms with Gasteiger partial charge in [-0.3, -0.25) is 0 Å². The number of halogens is 2. The fourth-order valence-corrected chi connectivity index (χ4v) is 2.90. The Hall–Kier alpha value is -0.140. The van der Waals surface area contributed by atoms with E-state index >= 15 is 0 Å². The van der Waals surface area contributed by atoms with Crippen molar-refractivity contribution in [3.8, 4) is 0 Å². The second-order valence-electron chi connectivity index (χ2n) is 5.69. The van der Waals surface area contributed by atoms with Crippen molar-refractivity contribution in [3.05, 3.63) is 0 Å². The van der Waals surface area contributed by atoms with E-state index in [0.29, 0.717) is 17.8 Å². The van der Waals surface area contributed by atoms with Crippen LogP contribution < -0.4 is 0 Å². The average molecular weight is 204 g/mol. The molecule has 0 spiro atoms. The summed E-state index contributed by atoms with van der Waals surface area (Å²) in [7, 11) is 0. The summed E-state index contributed by atoms with van der Waals surface area (Å²) in [4.78, 5) is 0. The van der Waals surface area contributed by atoms with Crippen molar-refractivity contribution in [2.24, 2.45) is 23.2 Å². The molecule has 2 heteroatoms. The Balaban J connectivity index is 2.69. The van der Waals surface area contributed by atoms with Crippen LogP contribution in [0.5, 0.6) is 0 Å². The Kier molecular flexibility index (Phi) is 2.95. The van der Waals surface area contributed by atoms with E-state index in [1.54, 1.807) is 0 Å². The molecule has 2 atom stereocenters. The molecule has 0 nitrogen and oxygen atoms in total. The first-order chi connectivity index (χ1) is 6.19. The number of rotatable bonds is 4. The lowest BCUT2D eigenvalue weighted by molar-refractivity contribution is -0.0210. The maximum Gasteiger partial charge on any atom is 0.246 e. The van der Waals surface area contributed by atoms with Crippen molar-refractivity contribution in [1.82, 2.24) is 0 Å². The maximum absolute atomic E-state index is 13.1. The number of hydrogen-bond donors (Lipinski definition) is 0. The number of hydrogen-bond acceptors (Lipinski definition) is 0. The highest BCUT2D eigenvalue weighted by atomic mass is 19.3. The molecular formula is C12H22F2. The predicted octanol–water partition coefficient (Wildman–Crippen LogP) is 4.35. The highest BCUT2D eigenvalue weighted by Crippen LogP contribution is 2.65. The van der Waals surface area contributed by atoms with Crippen LogP contribution in [0.1, 0.15) is 47.5 Å². The average Bonchev–Trinajstić information content (AvgIpc) is 2.60. The Labute approximate surface area is 86.1 Å². The zero-order chi connectivity index (χ0) is 11.1. The van der Waals surface area contributed by atoms with Gasteiger partial charge in [-0.15, -0.1) is 0 Å². The van der Waals surface area contributed by atoms with E-state index in [1.807, 2.05) is 0 Å². The normalized spacial score (nSPS) is 32.8. The third-order valence-electron chi connectivity index (χ3n) is 3.77. The predicted molar refractivity (Wildman–Crippen MR) is 55.5 cm³/mol. The molecule has 0 aromatic rings. The van der Waals surface area contributed by atoms with Crippen molar-refractivity contribution in [3.63, 3.8) is 0 Å². The smallest absolute Gasteiger partial charge is 0.207 e. The Morgan fingerprint density at radius 3 is 2.00 bits per heavy atom. The largest absolute Gasteiger partial charge is 0.246 e. The highest BCUT2D eigenvalue weighted by molar-refractivity contribution is 5.06. The van der Waals surface area contributed by atoms with Crippen LogP contribution in [0.3, 0.4) is 0 Å². The van der Waals surface area contributed by atoms with Gasteiger partial charge in [0.25, 0.3) is 0 Å². The molecule has 0 aromatic carbocycles. The van der Waals surface area contributed by atoms with E-state index in [-0.39, 0.29) is 11.8 Å². The van der Waals surface area contributed by atoms with Crippen molar-refractivity contribution in [2.75, 3.05) is 0 Å². The number of alkyl halides is 2. The first-order valence-electron chi connectivity index (χ1n) is 5.57. The van der Waals surface area contributed by atoms with Gasteiger partial charge in [0.15, 0.2) is 0 Å². The molecule has 0 aliphatic heterocycles. The minimum absolute atomic E-state index is 0.0700. The molecule has 1 aliphatic rings. The lowest BCUT2D eigenvalue weighted by Gasteiger charge is -2.26. The molecule has 0 N–H and O–H groups in total. The van der Waals surface area contributed by atoms with Crippen molar-refractivity contribution in [2.45, 2.75) is 53.4 Å². The Morgan fingerprint density at radius 1 is 1.29 bits per heavy atom. The summed E-state index contributed by atoms with van der Waals surface area (Å²) in [5, 5.41) is 0. The van der Waals surface area contributed by atoms with Crippen LogP contribution in [0.25, 0.3) is 0 Å². The monoisotopic (exact) mass is 204 g/mol. The van der Waals surface area contributed by atoms with Crippen molar-refractivity contribution >= 4 is 0 Å². The minimum atomic E-state index is -2.51. The van der Waals surface area contributed by atoms with Gasteiger partial charge in [-0.1, -0.05) is 27.7 Å². The van der Waals surface area contributed by atoms with Crippen LogP contribution in [-0.2, 0) is 0 Å². The molecule has 1 saturated carbocycles. The third kappa shape index (κ3) is 2.26.